The molecule has 0 saturated heterocycles. The lowest BCUT2D eigenvalue weighted by Crippen LogP contribution is -2.01. The molecular formula is C45H27N3S. The van der Waals surface area contributed by atoms with Crippen LogP contribution in [0.3, 0.4) is 0 Å². The van der Waals surface area contributed by atoms with E-state index in [4.69, 9.17) is 15.0 Å². The van der Waals surface area contributed by atoms with E-state index < -0.39 is 0 Å². The molecule has 0 unspecified atom stereocenters. The SMILES string of the molecule is c1ccc(-c2cccc3c2sc2cc(-c4nc(-c5ccc6ccccc6c5)nc(-c5cccc6ccccc56)n4)c4ccccc4c23)cc1. The molecular weight excluding hydrogens is 615 g/mol. The first-order valence-electron chi connectivity index (χ1n) is 16.4. The van der Waals surface area contributed by atoms with Crippen molar-refractivity contribution < 1.29 is 0 Å². The van der Waals surface area contributed by atoms with Crippen molar-refractivity contribution in [2.24, 2.45) is 0 Å². The summed E-state index contributed by atoms with van der Waals surface area (Å²) < 4.78 is 2.50. The molecule has 0 saturated carbocycles. The number of benzene rings is 8. The maximum absolute atomic E-state index is 5.27. The van der Waals surface area contributed by atoms with Crippen LogP contribution in [0.1, 0.15) is 0 Å². The Bertz CT molecular complexity index is 2890. The fourth-order valence-corrected chi connectivity index (χ4v) is 8.48. The smallest absolute Gasteiger partial charge is 0.164 e. The molecule has 10 aromatic rings. The van der Waals surface area contributed by atoms with Gasteiger partial charge in [0.25, 0.3) is 0 Å². The second-order valence-corrected chi connectivity index (χ2v) is 13.4. The minimum atomic E-state index is 0.658. The van der Waals surface area contributed by atoms with Crippen LogP contribution in [0.15, 0.2) is 164 Å². The van der Waals surface area contributed by atoms with Gasteiger partial charge in [-0.2, -0.15) is 0 Å². The first-order valence-corrected chi connectivity index (χ1v) is 17.3. The van der Waals surface area contributed by atoms with Crippen molar-refractivity contribution in [3.8, 4) is 45.3 Å². The maximum Gasteiger partial charge on any atom is 0.164 e. The van der Waals surface area contributed by atoms with Gasteiger partial charge in [0.15, 0.2) is 17.5 Å². The molecule has 2 aromatic heterocycles. The summed E-state index contributed by atoms with van der Waals surface area (Å²) in [5, 5.41) is 9.48. The summed E-state index contributed by atoms with van der Waals surface area (Å²) in [6, 6.07) is 57.9. The van der Waals surface area contributed by atoms with Gasteiger partial charge in [-0.15, -0.1) is 11.3 Å². The van der Waals surface area contributed by atoms with Crippen LogP contribution in [0.2, 0.25) is 0 Å². The number of aromatic nitrogens is 3. The van der Waals surface area contributed by atoms with Gasteiger partial charge in [-0.05, 0) is 55.6 Å². The quantitative estimate of drug-likeness (QED) is 0.192. The summed E-state index contributed by atoms with van der Waals surface area (Å²) in [6.07, 6.45) is 0. The molecule has 0 bridgehead atoms. The van der Waals surface area contributed by atoms with Gasteiger partial charge in [-0.3, -0.25) is 0 Å². The normalized spacial score (nSPS) is 11.7. The average molecular weight is 642 g/mol. The van der Waals surface area contributed by atoms with Crippen LogP contribution in [0, 0.1) is 0 Å². The lowest BCUT2D eigenvalue weighted by atomic mass is 9.97. The molecule has 49 heavy (non-hydrogen) atoms. The average Bonchev–Trinajstić information content (AvgIpc) is 3.56. The standard InChI is InChI=1S/C45H27N3S/c1-2-13-30(14-3-1)34-21-11-23-38-41-36-20-9-8-19-35(36)39(27-40(41)49-42(34)38)45-47-43(32-25-24-28-12-4-5-16-31(28)26-32)46-44(48-45)37-22-10-17-29-15-6-7-18-33(29)37/h1-27H. The summed E-state index contributed by atoms with van der Waals surface area (Å²) in [6.45, 7) is 0. The van der Waals surface area contributed by atoms with Crippen molar-refractivity contribution in [1.29, 1.82) is 0 Å². The number of thiophene rings is 1. The molecule has 3 nitrogen and oxygen atoms in total. The molecule has 10 rings (SSSR count). The number of nitrogens with zero attached hydrogens (tertiary/aromatic N) is 3. The van der Waals surface area contributed by atoms with Crippen molar-refractivity contribution in [1.82, 2.24) is 15.0 Å². The molecule has 0 aliphatic carbocycles. The van der Waals surface area contributed by atoms with Crippen LogP contribution in [-0.4, -0.2) is 15.0 Å². The van der Waals surface area contributed by atoms with E-state index in [1.165, 1.54) is 42.1 Å². The molecule has 0 aliphatic heterocycles. The Balaban J connectivity index is 1.27. The first-order chi connectivity index (χ1) is 24.3. The zero-order valence-electron chi connectivity index (χ0n) is 26.3. The van der Waals surface area contributed by atoms with Gasteiger partial charge in [-0.25, -0.2) is 15.0 Å². The highest BCUT2D eigenvalue weighted by atomic mass is 32.1. The summed E-state index contributed by atoms with van der Waals surface area (Å²) in [7, 11) is 0. The predicted octanol–water partition coefficient (Wildman–Crippen LogP) is 12.4. The van der Waals surface area contributed by atoms with Gasteiger partial charge >= 0.3 is 0 Å². The molecule has 0 amide bonds. The van der Waals surface area contributed by atoms with E-state index in [-0.39, 0.29) is 0 Å². The van der Waals surface area contributed by atoms with Crippen molar-refractivity contribution in [2.45, 2.75) is 0 Å². The zero-order valence-corrected chi connectivity index (χ0v) is 27.2. The van der Waals surface area contributed by atoms with E-state index in [0.717, 1.165) is 38.2 Å². The molecule has 4 heteroatoms. The molecule has 0 N–H and O–H groups in total. The molecule has 0 radical (unpaired) electrons. The Morgan fingerprint density at radius 3 is 1.82 bits per heavy atom. The summed E-state index contributed by atoms with van der Waals surface area (Å²) in [4.78, 5) is 15.7. The van der Waals surface area contributed by atoms with Crippen LogP contribution in [0.5, 0.6) is 0 Å². The Morgan fingerprint density at radius 2 is 0.959 bits per heavy atom. The van der Waals surface area contributed by atoms with Crippen LogP contribution >= 0.6 is 11.3 Å². The van der Waals surface area contributed by atoms with Gasteiger partial charge < -0.3 is 0 Å². The largest absolute Gasteiger partial charge is 0.208 e. The highest BCUT2D eigenvalue weighted by Crippen LogP contribution is 2.45. The van der Waals surface area contributed by atoms with Gasteiger partial charge in [-0.1, -0.05) is 152 Å². The molecule has 2 heterocycles. The van der Waals surface area contributed by atoms with E-state index in [2.05, 4.69) is 164 Å². The Morgan fingerprint density at radius 1 is 0.347 bits per heavy atom. The number of rotatable bonds is 4. The second kappa shape index (κ2) is 11.2. The molecule has 0 spiro atoms. The summed E-state index contributed by atoms with van der Waals surface area (Å²) in [5.41, 5.74) is 5.43. The third-order valence-corrected chi connectivity index (χ3v) is 10.7. The Labute approximate surface area is 286 Å². The highest BCUT2D eigenvalue weighted by Gasteiger charge is 2.20. The van der Waals surface area contributed by atoms with E-state index in [1.807, 2.05) is 11.3 Å². The Hall–Kier alpha value is -6.23. The fourth-order valence-electron chi connectivity index (χ4n) is 7.19. The molecule has 0 aliphatic rings. The summed E-state index contributed by atoms with van der Waals surface area (Å²) >= 11 is 1.84. The third kappa shape index (κ3) is 4.61. The van der Waals surface area contributed by atoms with E-state index in [9.17, 15) is 0 Å². The van der Waals surface area contributed by atoms with Gasteiger partial charge in [0.05, 0.1) is 0 Å². The number of fused-ring (bicyclic) bond motifs is 7. The van der Waals surface area contributed by atoms with E-state index in [0.29, 0.717) is 17.5 Å². The van der Waals surface area contributed by atoms with Crippen molar-refractivity contribution >= 4 is 63.8 Å². The van der Waals surface area contributed by atoms with Gasteiger partial charge in [0.1, 0.15) is 0 Å². The molecule has 0 fully saturated rings. The third-order valence-electron chi connectivity index (χ3n) is 9.50. The topological polar surface area (TPSA) is 38.7 Å². The Kier molecular flexibility index (Phi) is 6.36. The lowest BCUT2D eigenvalue weighted by molar-refractivity contribution is 1.08. The predicted molar refractivity (Wildman–Crippen MR) is 207 cm³/mol. The highest BCUT2D eigenvalue weighted by molar-refractivity contribution is 7.26. The minimum absolute atomic E-state index is 0.658. The van der Waals surface area contributed by atoms with E-state index in [1.54, 1.807) is 0 Å². The van der Waals surface area contributed by atoms with Crippen molar-refractivity contribution in [2.75, 3.05) is 0 Å². The molecule has 0 atom stereocenters. The van der Waals surface area contributed by atoms with Crippen LogP contribution in [-0.2, 0) is 0 Å². The zero-order chi connectivity index (χ0) is 32.3. The fraction of sp³-hybridized carbons (Fsp3) is 0. The first kappa shape index (κ1) is 27.8. The van der Waals surface area contributed by atoms with Gasteiger partial charge in [0.2, 0.25) is 0 Å². The molecule has 228 valence electrons. The summed E-state index contributed by atoms with van der Waals surface area (Å²) in [5.74, 6) is 1.99. The van der Waals surface area contributed by atoms with E-state index >= 15 is 0 Å². The van der Waals surface area contributed by atoms with Crippen LogP contribution in [0.4, 0.5) is 0 Å². The monoisotopic (exact) mass is 641 g/mol. The minimum Gasteiger partial charge on any atom is -0.208 e. The maximum atomic E-state index is 5.27. The van der Waals surface area contributed by atoms with Crippen molar-refractivity contribution in [3.05, 3.63) is 164 Å². The number of hydrogen-bond acceptors (Lipinski definition) is 4. The lowest BCUT2D eigenvalue weighted by Gasteiger charge is -2.12. The van der Waals surface area contributed by atoms with Gasteiger partial charge in [0, 0.05) is 36.9 Å². The van der Waals surface area contributed by atoms with Crippen molar-refractivity contribution in [3.63, 3.8) is 0 Å². The second-order valence-electron chi connectivity index (χ2n) is 12.4. The number of hydrogen-bond donors (Lipinski definition) is 0. The van der Waals surface area contributed by atoms with Crippen LogP contribution < -0.4 is 0 Å². The van der Waals surface area contributed by atoms with Crippen LogP contribution in [0.25, 0.3) is 97.8 Å². The molecule has 8 aromatic carbocycles.